The van der Waals surface area contributed by atoms with Gasteiger partial charge in [-0.2, -0.15) is 10.2 Å². The Morgan fingerprint density at radius 2 is 0.735 bits per heavy atom. The lowest BCUT2D eigenvalue weighted by Gasteiger charge is -2.36. The van der Waals surface area contributed by atoms with E-state index in [0.717, 1.165) is 97.6 Å². The molecule has 2 spiro atoms. The predicted octanol–water partition coefficient (Wildman–Crippen LogP) is 20.4. The fourth-order valence-corrected chi connectivity index (χ4v) is 19.4. The van der Waals surface area contributed by atoms with Crippen LogP contribution < -0.4 is 0 Å². The van der Waals surface area contributed by atoms with Gasteiger partial charge < -0.3 is 28.3 Å². The molecule has 5 aliphatic rings. The minimum absolute atomic E-state index is 0. The molecule has 9 heterocycles. The Kier molecular flexibility index (Phi) is 23.8. The largest absolute Gasteiger partial charge is 0.490 e. The van der Waals surface area contributed by atoms with E-state index in [9.17, 15) is 16.8 Å². The van der Waals surface area contributed by atoms with Gasteiger partial charge in [0.25, 0.3) is 20.0 Å². The van der Waals surface area contributed by atoms with Crippen LogP contribution in [0.5, 0.6) is 0 Å². The summed E-state index contributed by atoms with van der Waals surface area (Å²) >= 11 is 3.53. The number of fused-ring (bicyclic) bond motifs is 2. The Balaban J connectivity index is 0.000000156. The number of benzene rings is 8. The van der Waals surface area contributed by atoms with Crippen LogP contribution in [0.1, 0.15) is 127 Å². The zero-order valence-corrected chi connectivity index (χ0v) is 66.7. The maximum atomic E-state index is 14.2. The molecule has 14 aromatic rings. The standard InChI is InChI=1S/C43H36N4O4S.C35H25BrN4O2S.C14H23BO4.3CH4/c48-52(49,38-19-11-4-12-20-38)46-31-40(39-27-33(28-44-41(39)46)32-21-23-42(24-22-32)50-25-26-51-42)34-29-45-47(30-34)43(35-13-5-1-6-14-35,36-15-7-2-8-16-36)37-17-9-3-10-18-37;36-30-21-32-33(25-39(34(32)37-23-30)43(41,42)31-19-11-4-12-20-31)26-22-38-40(24-26)35(27-13-5-1-6-14-27,28-15-7-2-8-16-28)29-17-9-3-10-18-29;1-12(2)13(3,4)19-15(18-12)11-5-7-14(8-6-11)16-9-10-17-14;;;/h1-21,27-31H,22-26H2;1-25H;5H,6-10H2,1-4H3;3*1H4. The van der Waals surface area contributed by atoms with E-state index < -0.39 is 36.9 Å². The van der Waals surface area contributed by atoms with Crippen molar-refractivity contribution >= 4 is 70.7 Å². The van der Waals surface area contributed by atoms with Crippen LogP contribution in [0.2, 0.25) is 0 Å². The van der Waals surface area contributed by atoms with Gasteiger partial charge in [0, 0.05) is 100 Å². The third-order valence-electron chi connectivity index (χ3n) is 22.9. The molecule has 598 valence electrons. The van der Waals surface area contributed by atoms with Gasteiger partial charge in [-0.25, -0.2) is 34.7 Å². The van der Waals surface area contributed by atoms with Crippen molar-refractivity contribution in [2.24, 2.45) is 0 Å². The molecule has 117 heavy (non-hydrogen) atoms. The van der Waals surface area contributed by atoms with Crippen molar-refractivity contribution in [1.29, 1.82) is 0 Å². The van der Waals surface area contributed by atoms with Crippen LogP contribution in [0, 0.1) is 0 Å². The van der Waals surface area contributed by atoms with Crippen LogP contribution in [0.3, 0.4) is 0 Å². The Morgan fingerprint density at radius 3 is 1.08 bits per heavy atom. The molecule has 0 saturated carbocycles. The van der Waals surface area contributed by atoms with Crippen molar-refractivity contribution in [3.05, 3.63) is 365 Å². The van der Waals surface area contributed by atoms with Gasteiger partial charge in [-0.1, -0.05) is 253 Å². The van der Waals surface area contributed by atoms with Gasteiger partial charge in [0.1, 0.15) is 11.1 Å². The highest BCUT2D eigenvalue weighted by Gasteiger charge is 2.54. The number of ether oxygens (including phenoxy) is 4. The van der Waals surface area contributed by atoms with E-state index >= 15 is 0 Å². The third-order valence-corrected chi connectivity index (χ3v) is 26.6. The Bertz CT molecular complexity index is 5870. The maximum absolute atomic E-state index is 14.2. The van der Waals surface area contributed by atoms with E-state index in [4.69, 9.17) is 43.4 Å². The van der Waals surface area contributed by atoms with Crippen LogP contribution in [0.25, 0.3) is 49.9 Å². The van der Waals surface area contributed by atoms with Crippen molar-refractivity contribution in [2.45, 2.75) is 132 Å². The van der Waals surface area contributed by atoms with Gasteiger partial charge in [0.15, 0.2) is 22.9 Å². The second-order valence-corrected chi connectivity index (χ2v) is 34.7. The lowest BCUT2D eigenvalue weighted by molar-refractivity contribution is -0.161. The van der Waals surface area contributed by atoms with E-state index in [1.807, 2.05) is 143 Å². The van der Waals surface area contributed by atoms with Crippen LogP contribution in [-0.2, 0) is 59.4 Å². The number of hydrogen-bond acceptors (Lipinski definition) is 14. The third kappa shape index (κ3) is 15.4. The van der Waals surface area contributed by atoms with Crippen molar-refractivity contribution in [1.82, 2.24) is 37.5 Å². The fraction of sp³-hybridized carbons (Fsp3) is 0.242. The summed E-state index contributed by atoms with van der Waals surface area (Å²) in [5.74, 6) is -0.913. The molecule has 0 unspecified atom stereocenters. The van der Waals surface area contributed by atoms with Crippen molar-refractivity contribution < 1.29 is 45.1 Å². The van der Waals surface area contributed by atoms with E-state index in [2.05, 4.69) is 140 Å². The van der Waals surface area contributed by atoms with Crippen molar-refractivity contribution in [2.75, 3.05) is 26.4 Å². The normalized spacial score (nSPS) is 16.7. The number of pyridine rings is 2. The molecular formula is C95H96BBrN8O10S2. The zero-order valence-electron chi connectivity index (χ0n) is 63.5. The summed E-state index contributed by atoms with van der Waals surface area (Å²) in [5.41, 5.74) is 11.0. The van der Waals surface area contributed by atoms with Crippen molar-refractivity contribution in [3.8, 4) is 22.3 Å². The first-order valence-electron chi connectivity index (χ1n) is 38.3. The van der Waals surface area contributed by atoms with Crippen LogP contribution >= 0.6 is 15.9 Å². The molecule has 0 radical (unpaired) electrons. The number of hydrogen-bond donors (Lipinski definition) is 0. The minimum atomic E-state index is -3.98. The molecule has 0 N–H and O–H groups in total. The maximum Gasteiger partial charge on any atom is 0.490 e. The highest BCUT2D eigenvalue weighted by atomic mass is 79.9. The number of allylic oxidation sites excluding steroid dienone is 2. The van der Waals surface area contributed by atoms with Gasteiger partial charge in [-0.05, 0) is 143 Å². The van der Waals surface area contributed by atoms with Gasteiger partial charge in [0.2, 0.25) is 0 Å². The molecule has 0 amide bonds. The number of aromatic nitrogens is 8. The summed E-state index contributed by atoms with van der Waals surface area (Å²) in [6, 6.07) is 82.8. The molecule has 3 saturated heterocycles. The summed E-state index contributed by atoms with van der Waals surface area (Å²) < 4.78 is 98.8. The average Bonchev–Trinajstić information content (AvgIpc) is 1.69. The first-order chi connectivity index (χ1) is 55.3. The van der Waals surface area contributed by atoms with Crippen LogP contribution in [-0.4, -0.2) is 111 Å². The molecule has 18 nitrogen and oxygen atoms in total. The summed E-state index contributed by atoms with van der Waals surface area (Å²) in [4.78, 5) is 9.74. The number of rotatable bonds is 16. The predicted molar refractivity (Wildman–Crippen MR) is 466 cm³/mol. The molecule has 0 atom stereocenters. The summed E-state index contributed by atoms with van der Waals surface area (Å²) in [5, 5.41) is 11.5. The molecule has 0 bridgehead atoms. The Morgan fingerprint density at radius 1 is 0.402 bits per heavy atom. The fourth-order valence-electron chi connectivity index (χ4n) is 16.3. The number of halogens is 1. The molecule has 19 rings (SSSR count). The minimum Gasteiger partial charge on any atom is -0.400 e. The highest BCUT2D eigenvalue weighted by Crippen LogP contribution is 2.48. The molecule has 3 aliphatic heterocycles. The van der Waals surface area contributed by atoms with E-state index in [1.54, 1.807) is 91.6 Å². The van der Waals surface area contributed by atoms with Crippen LogP contribution in [0.4, 0.5) is 0 Å². The molecule has 6 aromatic heterocycles. The molecular weight excluding hydrogens is 1570 g/mol. The first kappa shape index (κ1) is 82.8. The first-order valence-corrected chi connectivity index (χ1v) is 42.0. The topological polar surface area (TPSA) is 195 Å². The highest BCUT2D eigenvalue weighted by molar-refractivity contribution is 9.10. The molecule has 3 fully saturated rings. The second-order valence-electron chi connectivity index (χ2n) is 30.1. The van der Waals surface area contributed by atoms with E-state index in [-0.39, 0.29) is 56.2 Å². The Hall–Kier alpha value is -10.8. The quantitative estimate of drug-likeness (QED) is 0.0654. The second kappa shape index (κ2) is 33.7. The van der Waals surface area contributed by atoms with Gasteiger partial charge >= 0.3 is 7.12 Å². The van der Waals surface area contributed by atoms with Gasteiger partial charge in [-0.3, -0.25) is 9.36 Å². The molecule has 2 aliphatic carbocycles. The lowest BCUT2D eigenvalue weighted by Crippen LogP contribution is -2.41. The lowest BCUT2D eigenvalue weighted by atomic mass is 9.71. The zero-order chi connectivity index (χ0) is 78.3. The Labute approximate surface area is 694 Å². The van der Waals surface area contributed by atoms with Crippen LogP contribution in [0.15, 0.2) is 336 Å². The SMILES string of the molecule is C.C.C.CC1(C)OB(C2=CCC3(CC2)OCCO3)OC1(C)C.O=S(=O)(c1ccccc1)n1cc(-c2cnn(C(c3ccccc3)(c3ccccc3)c3ccccc3)c2)c2cc(Br)cnc21.O=S(=O)(c1ccccc1)n1cc(-c2cnn(C(c3ccccc3)(c3ccccc3)c3ccccc3)c2)c2cc(C3=CCC4(CC3)OCCO4)cnc21. The van der Waals surface area contributed by atoms with Crippen molar-refractivity contribution in [3.63, 3.8) is 0 Å². The number of nitrogens with zero attached hydrogens (tertiary/aromatic N) is 8. The average molecular weight is 1660 g/mol. The van der Waals surface area contributed by atoms with Gasteiger partial charge in [-0.15, -0.1) is 0 Å². The van der Waals surface area contributed by atoms with E-state index in [0.29, 0.717) is 60.7 Å². The van der Waals surface area contributed by atoms with E-state index in [1.165, 1.54) is 13.4 Å². The monoisotopic (exact) mass is 1660 g/mol. The smallest absolute Gasteiger partial charge is 0.400 e. The molecule has 22 heteroatoms. The molecule has 8 aromatic carbocycles. The summed E-state index contributed by atoms with van der Waals surface area (Å²) in [6.45, 7) is 11.0. The van der Waals surface area contributed by atoms with Gasteiger partial charge in [0.05, 0.1) is 59.8 Å². The summed E-state index contributed by atoms with van der Waals surface area (Å²) in [7, 11) is -8.10. The summed E-state index contributed by atoms with van der Waals surface area (Å²) in [6.07, 6.45) is 23.4.